The van der Waals surface area contributed by atoms with Crippen LogP contribution in [0.4, 0.5) is 5.69 Å². The van der Waals surface area contributed by atoms with Crippen LogP contribution in [0.1, 0.15) is 68.6 Å². The summed E-state index contributed by atoms with van der Waals surface area (Å²) in [5, 5.41) is 15.2. The van der Waals surface area contributed by atoms with Gasteiger partial charge in [0, 0.05) is 47.7 Å². The Morgan fingerprint density at radius 1 is 0.878 bits per heavy atom. The third kappa shape index (κ3) is 9.43. The maximum atomic E-state index is 12.4. The number of unbranched alkanes of at least 4 members (excludes halogenated alkanes) is 2. The van der Waals surface area contributed by atoms with Crippen LogP contribution in [-0.4, -0.2) is 35.3 Å². The molecule has 4 unspecified atom stereocenters. The number of hydrogen-bond donors (Lipinski definition) is 3. The zero-order valence-electron chi connectivity index (χ0n) is 23.8. The number of thioether (sulfide) groups is 1. The van der Waals surface area contributed by atoms with Crippen molar-refractivity contribution in [1.29, 1.82) is 0 Å². The molecule has 0 bridgehead atoms. The minimum Gasteiger partial charge on any atom is -0.392 e. The van der Waals surface area contributed by atoms with Crippen molar-refractivity contribution < 1.29 is 24.2 Å². The number of carbonyl (C=O) groups excluding carboxylic acids is 2. The molecule has 8 heteroatoms. The first-order valence-electron chi connectivity index (χ1n) is 14.3. The summed E-state index contributed by atoms with van der Waals surface area (Å²) < 4.78 is 13.1. The first kappa shape index (κ1) is 30.8. The highest BCUT2D eigenvalue weighted by Crippen LogP contribution is 2.43. The van der Waals surface area contributed by atoms with E-state index < -0.39 is 6.29 Å². The average Bonchev–Trinajstić information content (AvgIpc) is 2.99. The van der Waals surface area contributed by atoms with Crippen molar-refractivity contribution in [3.05, 3.63) is 95.6 Å². The van der Waals surface area contributed by atoms with Gasteiger partial charge in [0.2, 0.25) is 11.8 Å². The van der Waals surface area contributed by atoms with Crippen LogP contribution in [0.5, 0.6) is 0 Å². The van der Waals surface area contributed by atoms with Gasteiger partial charge in [-0.3, -0.25) is 9.59 Å². The molecule has 7 nitrogen and oxygen atoms in total. The van der Waals surface area contributed by atoms with Gasteiger partial charge in [0.05, 0.1) is 18.8 Å². The minimum absolute atomic E-state index is 0.00489. The number of rotatable bonds is 13. The van der Waals surface area contributed by atoms with Crippen LogP contribution in [0, 0.1) is 5.92 Å². The molecule has 1 heterocycles. The summed E-state index contributed by atoms with van der Waals surface area (Å²) in [6.07, 6.45) is 2.18. The molecule has 0 spiro atoms. The van der Waals surface area contributed by atoms with E-state index in [2.05, 4.69) is 29.7 Å². The summed E-state index contributed by atoms with van der Waals surface area (Å²) in [6.45, 7) is 4.31. The standard InChI is InChI=1S/C33H40N2O5S/c1-23-30(22-41-29-9-5-3-6-10-29)39-33(40-32(23)26-14-12-25(21-36)13-15-26)27-16-18-28(19-17-27)35-31(38)11-7-4-8-20-34-24(2)37/h3,5-6,9-10,12-19,23,30,32-33,36H,4,7-8,11,20-22H2,1-2H3,(H,34,37)(H,35,38). The first-order chi connectivity index (χ1) is 19.9. The molecule has 1 aliphatic rings. The normalized spacial score (nSPS) is 20.4. The van der Waals surface area contributed by atoms with Gasteiger partial charge in [-0.1, -0.05) is 67.9 Å². The predicted octanol–water partition coefficient (Wildman–Crippen LogP) is 6.40. The molecule has 1 saturated heterocycles. The Labute approximate surface area is 247 Å². The summed E-state index contributed by atoms with van der Waals surface area (Å²) >= 11 is 1.77. The van der Waals surface area contributed by atoms with Gasteiger partial charge >= 0.3 is 0 Å². The van der Waals surface area contributed by atoms with Crippen molar-refractivity contribution in [2.75, 3.05) is 17.6 Å². The Balaban J connectivity index is 1.39. The van der Waals surface area contributed by atoms with Crippen LogP contribution < -0.4 is 10.6 Å². The minimum atomic E-state index is -0.552. The molecular weight excluding hydrogens is 536 g/mol. The smallest absolute Gasteiger partial charge is 0.224 e. The highest BCUT2D eigenvalue weighted by atomic mass is 32.2. The second kappa shape index (κ2) is 15.7. The number of carbonyl (C=O) groups is 2. The highest BCUT2D eigenvalue weighted by molar-refractivity contribution is 7.99. The molecule has 3 N–H and O–H groups in total. The third-order valence-corrected chi connectivity index (χ3v) is 8.30. The molecule has 3 aromatic rings. The van der Waals surface area contributed by atoms with Crippen LogP contribution in [0.3, 0.4) is 0 Å². The van der Waals surface area contributed by atoms with E-state index in [1.54, 1.807) is 11.8 Å². The van der Waals surface area contributed by atoms with Gasteiger partial charge in [-0.2, -0.15) is 0 Å². The molecule has 4 atom stereocenters. The molecule has 218 valence electrons. The van der Waals surface area contributed by atoms with E-state index in [1.165, 1.54) is 11.8 Å². The summed E-state index contributed by atoms with van der Waals surface area (Å²) in [7, 11) is 0. The van der Waals surface area contributed by atoms with Gasteiger partial charge in [-0.05, 0) is 48.2 Å². The second-order valence-corrected chi connectivity index (χ2v) is 11.5. The topological polar surface area (TPSA) is 96.9 Å². The number of aliphatic hydroxyl groups excluding tert-OH is 1. The summed E-state index contributed by atoms with van der Waals surface area (Å²) in [4.78, 5) is 24.5. The Morgan fingerprint density at radius 2 is 1.59 bits per heavy atom. The van der Waals surface area contributed by atoms with E-state index in [0.717, 1.165) is 47.4 Å². The van der Waals surface area contributed by atoms with Crippen molar-refractivity contribution in [3.8, 4) is 0 Å². The maximum absolute atomic E-state index is 12.4. The zero-order chi connectivity index (χ0) is 29.0. The predicted molar refractivity (Wildman–Crippen MR) is 162 cm³/mol. The van der Waals surface area contributed by atoms with E-state index in [4.69, 9.17) is 9.47 Å². The monoisotopic (exact) mass is 576 g/mol. The number of aliphatic hydroxyl groups is 1. The summed E-state index contributed by atoms with van der Waals surface area (Å²) in [5.41, 5.74) is 3.54. The van der Waals surface area contributed by atoms with Gasteiger partial charge in [0.25, 0.3) is 0 Å². The summed E-state index contributed by atoms with van der Waals surface area (Å²) in [5.74, 6) is 0.841. The number of ether oxygens (including phenoxy) is 2. The maximum Gasteiger partial charge on any atom is 0.224 e. The van der Waals surface area contributed by atoms with Gasteiger partial charge in [-0.15, -0.1) is 11.8 Å². The third-order valence-electron chi connectivity index (χ3n) is 7.20. The molecule has 3 aromatic carbocycles. The van der Waals surface area contributed by atoms with Gasteiger partial charge in [0.1, 0.15) is 0 Å². The molecule has 0 saturated carbocycles. The van der Waals surface area contributed by atoms with Gasteiger partial charge in [-0.25, -0.2) is 0 Å². The van der Waals surface area contributed by atoms with Crippen LogP contribution in [0.25, 0.3) is 0 Å². The first-order valence-corrected chi connectivity index (χ1v) is 15.2. The van der Waals surface area contributed by atoms with Crippen molar-refractivity contribution >= 4 is 29.3 Å². The molecule has 1 aliphatic heterocycles. The Bertz CT molecular complexity index is 1240. The molecule has 1 fully saturated rings. The largest absolute Gasteiger partial charge is 0.392 e. The lowest BCUT2D eigenvalue weighted by atomic mass is 9.91. The van der Waals surface area contributed by atoms with Crippen LogP contribution >= 0.6 is 11.8 Å². The fourth-order valence-corrected chi connectivity index (χ4v) is 5.89. The van der Waals surface area contributed by atoms with Crippen LogP contribution in [-0.2, 0) is 25.7 Å². The number of anilines is 1. The molecule has 41 heavy (non-hydrogen) atoms. The van der Waals surface area contributed by atoms with Crippen molar-refractivity contribution in [2.24, 2.45) is 5.92 Å². The quantitative estimate of drug-likeness (QED) is 0.161. The molecule has 0 aromatic heterocycles. The second-order valence-electron chi connectivity index (χ2n) is 10.4. The van der Waals surface area contributed by atoms with E-state index in [-0.39, 0.29) is 36.5 Å². The molecular formula is C33H40N2O5S. The lowest BCUT2D eigenvalue weighted by molar-refractivity contribution is -0.268. The van der Waals surface area contributed by atoms with E-state index in [1.807, 2.05) is 66.7 Å². The lowest BCUT2D eigenvalue weighted by Gasteiger charge is -2.41. The SMILES string of the molecule is CC(=O)NCCCCCC(=O)Nc1ccc(C2OC(CSc3ccccc3)C(C)C(c3ccc(CO)cc3)O2)cc1. The average molecular weight is 577 g/mol. The van der Waals surface area contributed by atoms with Crippen molar-refractivity contribution in [1.82, 2.24) is 5.32 Å². The number of amides is 2. The number of nitrogens with one attached hydrogen (secondary N) is 2. The Hall–Kier alpha value is -3.17. The lowest BCUT2D eigenvalue weighted by Crippen LogP contribution is -2.38. The Morgan fingerprint density at radius 3 is 2.27 bits per heavy atom. The number of hydrogen-bond acceptors (Lipinski definition) is 6. The van der Waals surface area contributed by atoms with E-state index >= 15 is 0 Å². The summed E-state index contributed by atoms with van der Waals surface area (Å²) in [6, 6.07) is 25.9. The van der Waals surface area contributed by atoms with Gasteiger partial charge in [0.15, 0.2) is 6.29 Å². The molecule has 4 rings (SSSR count). The Kier molecular flexibility index (Phi) is 11.8. The molecule has 0 aliphatic carbocycles. The zero-order valence-corrected chi connectivity index (χ0v) is 24.6. The van der Waals surface area contributed by atoms with Crippen molar-refractivity contribution in [3.63, 3.8) is 0 Å². The van der Waals surface area contributed by atoms with Crippen LogP contribution in [0.15, 0.2) is 83.8 Å². The fraction of sp³-hybridized carbons (Fsp3) is 0.394. The highest BCUT2D eigenvalue weighted by Gasteiger charge is 2.38. The fourth-order valence-electron chi connectivity index (χ4n) is 4.80. The molecule has 2 amide bonds. The van der Waals surface area contributed by atoms with E-state index in [9.17, 15) is 14.7 Å². The van der Waals surface area contributed by atoms with Crippen molar-refractivity contribution in [2.45, 2.75) is 69.5 Å². The molecule has 0 radical (unpaired) electrons. The van der Waals surface area contributed by atoms with Crippen LogP contribution in [0.2, 0.25) is 0 Å². The number of benzene rings is 3. The van der Waals surface area contributed by atoms with E-state index in [0.29, 0.717) is 13.0 Å². The van der Waals surface area contributed by atoms with Gasteiger partial charge < -0.3 is 25.2 Å².